The summed E-state index contributed by atoms with van der Waals surface area (Å²) >= 11 is 0. The summed E-state index contributed by atoms with van der Waals surface area (Å²) in [6.45, 7) is -1.36. The summed E-state index contributed by atoms with van der Waals surface area (Å²) < 4.78 is 39.7. The SMILES string of the molecule is COc1ccc(C(=O)NNC(=O)c2oc3ccccc3c2C)cc1OC(F)F. The molecule has 28 heavy (non-hydrogen) atoms. The second kappa shape index (κ2) is 7.95. The van der Waals surface area contributed by atoms with Crippen LogP contribution in [0.15, 0.2) is 46.9 Å². The van der Waals surface area contributed by atoms with Gasteiger partial charge >= 0.3 is 12.5 Å². The summed E-state index contributed by atoms with van der Waals surface area (Å²) in [7, 11) is 1.28. The molecule has 1 aromatic heterocycles. The van der Waals surface area contributed by atoms with E-state index in [1.54, 1.807) is 19.1 Å². The number of rotatable bonds is 5. The van der Waals surface area contributed by atoms with E-state index in [0.29, 0.717) is 11.1 Å². The van der Waals surface area contributed by atoms with E-state index in [9.17, 15) is 18.4 Å². The van der Waals surface area contributed by atoms with Crippen molar-refractivity contribution in [3.63, 3.8) is 0 Å². The molecule has 1 heterocycles. The van der Waals surface area contributed by atoms with Crippen LogP contribution < -0.4 is 20.3 Å². The van der Waals surface area contributed by atoms with Crippen molar-refractivity contribution in [2.75, 3.05) is 7.11 Å². The van der Waals surface area contributed by atoms with Crippen LogP contribution in [0.3, 0.4) is 0 Å². The number of hydrogen-bond donors (Lipinski definition) is 2. The molecule has 146 valence electrons. The smallest absolute Gasteiger partial charge is 0.387 e. The molecule has 7 nitrogen and oxygen atoms in total. The van der Waals surface area contributed by atoms with Crippen LogP contribution in [-0.2, 0) is 0 Å². The first kappa shape index (κ1) is 19.2. The van der Waals surface area contributed by atoms with Gasteiger partial charge in [-0.25, -0.2) is 0 Å². The number of ether oxygens (including phenoxy) is 2. The van der Waals surface area contributed by atoms with Gasteiger partial charge in [0.25, 0.3) is 5.91 Å². The molecule has 0 bridgehead atoms. The van der Waals surface area contributed by atoms with Crippen molar-refractivity contribution in [2.24, 2.45) is 0 Å². The zero-order valence-corrected chi connectivity index (χ0v) is 14.9. The number of hydrogen-bond acceptors (Lipinski definition) is 5. The number of methoxy groups -OCH3 is 1. The lowest BCUT2D eigenvalue weighted by Gasteiger charge is -2.12. The van der Waals surface area contributed by atoms with Crippen LogP contribution in [0.25, 0.3) is 11.0 Å². The molecule has 0 radical (unpaired) electrons. The maximum Gasteiger partial charge on any atom is 0.387 e. The third kappa shape index (κ3) is 3.88. The molecule has 0 atom stereocenters. The fourth-order valence-electron chi connectivity index (χ4n) is 2.64. The number of amides is 2. The molecule has 2 amide bonds. The van der Waals surface area contributed by atoms with Gasteiger partial charge in [0.15, 0.2) is 17.3 Å². The van der Waals surface area contributed by atoms with E-state index >= 15 is 0 Å². The maximum atomic E-state index is 12.5. The van der Waals surface area contributed by atoms with Gasteiger partial charge in [0.05, 0.1) is 7.11 Å². The number of nitrogens with one attached hydrogen (secondary N) is 2. The minimum absolute atomic E-state index is 0.0157. The Labute approximate surface area is 158 Å². The maximum absolute atomic E-state index is 12.5. The Hall–Kier alpha value is -3.62. The Morgan fingerprint density at radius 3 is 2.43 bits per heavy atom. The van der Waals surface area contributed by atoms with Gasteiger partial charge in [-0.1, -0.05) is 18.2 Å². The first-order valence-corrected chi connectivity index (χ1v) is 8.12. The third-order valence-corrected chi connectivity index (χ3v) is 3.98. The Bertz CT molecular complexity index is 1030. The highest BCUT2D eigenvalue weighted by molar-refractivity contribution is 6.01. The standard InChI is InChI=1S/C19H16F2N2O5/c1-10-12-5-3-4-6-13(12)27-16(10)18(25)23-22-17(24)11-7-8-14(26-2)15(9-11)28-19(20)21/h3-9,19H,1-2H3,(H,22,24)(H,23,25). The molecule has 3 rings (SSSR count). The molecule has 0 fully saturated rings. The van der Waals surface area contributed by atoms with Gasteiger partial charge in [-0.3, -0.25) is 20.4 Å². The van der Waals surface area contributed by atoms with Gasteiger partial charge in [-0.05, 0) is 31.2 Å². The van der Waals surface area contributed by atoms with Crippen LogP contribution in [0, 0.1) is 6.92 Å². The Balaban J connectivity index is 1.72. The Kier molecular flexibility index (Phi) is 5.44. The van der Waals surface area contributed by atoms with Gasteiger partial charge in [0.2, 0.25) is 0 Å². The molecular formula is C19H16F2N2O5. The van der Waals surface area contributed by atoms with Crippen LogP contribution in [0.4, 0.5) is 8.78 Å². The van der Waals surface area contributed by atoms with E-state index in [2.05, 4.69) is 15.6 Å². The van der Waals surface area contributed by atoms with Crippen molar-refractivity contribution in [3.8, 4) is 11.5 Å². The normalized spacial score (nSPS) is 10.8. The average Bonchev–Trinajstić information content (AvgIpc) is 3.02. The number of hydrazine groups is 1. The molecule has 0 aliphatic carbocycles. The summed E-state index contributed by atoms with van der Waals surface area (Å²) in [6, 6.07) is 10.8. The molecule has 9 heteroatoms. The Morgan fingerprint density at radius 1 is 1.04 bits per heavy atom. The predicted octanol–water partition coefficient (Wildman–Crippen LogP) is 3.43. The topological polar surface area (TPSA) is 89.8 Å². The minimum atomic E-state index is -3.08. The van der Waals surface area contributed by atoms with E-state index in [4.69, 9.17) is 9.15 Å². The summed E-state index contributed by atoms with van der Waals surface area (Å²) in [5.41, 5.74) is 5.59. The van der Waals surface area contributed by atoms with Gasteiger partial charge in [0, 0.05) is 16.5 Å². The molecule has 0 aliphatic rings. The number of benzene rings is 2. The fraction of sp³-hybridized carbons (Fsp3) is 0.158. The number of furan rings is 1. The summed E-state index contributed by atoms with van der Waals surface area (Å²) in [5.74, 6) is -1.59. The summed E-state index contributed by atoms with van der Waals surface area (Å²) in [4.78, 5) is 24.6. The number of halogens is 2. The minimum Gasteiger partial charge on any atom is -0.493 e. The Morgan fingerprint density at radius 2 is 1.75 bits per heavy atom. The zero-order valence-electron chi connectivity index (χ0n) is 14.9. The number of fused-ring (bicyclic) bond motifs is 1. The second-order valence-corrected chi connectivity index (χ2v) is 5.70. The van der Waals surface area contributed by atoms with E-state index in [1.165, 1.54) is 19.2 Å². The summed E-state index contributed by atoms with van der Waals surface area (Å²) in [5, 5.41) is 0.780. The quantitative estimate of drug-likeness (QED) is 0.652. The van der Waals surface area contributed by atoms with Crippen molar-refractivity contribution in [1.82, 2.24) is 10.9 Å². The molecule has 0 unspecified atom stereocenters. The van der Waals surface area contributed by atoms with Crippen LogP contribution >= 0.6 is 0 Å². The highest BCUT2D eigenvalue weighted by atomic mass is 19.3. The predicted molar refractivity (Wildman–Crippen MR) is 95.5 cm³/mol. The number of aryl methyl sites for hydroxylation is 1. The van der Waals surface area contributed by atoms with Gasteiger partial charge in [-0.15, -0.1) is 0 Å². The fourth-order valence-corrected chi connectivity index (χ4v) is 2.64. The zero-order chi connectivity index (χ0) is 20.3. The van der Waals surface area contributed by atoms with Crippen LogP contribution in [-0.4, -0.2) is 25.5 Å². The first-order chi connectivity index (χ1) is 13.4. The molecule has 2 N–H and O–H groups in total. The van der Waals surface area contributed by atoms with Crippen molar-refractivity contribution >= 4 is 22.8 Å². The highest BCUT2D eigenvalue weighted by Crippen LogP contribution is 2.29. The van der Waals surface area contributed by atoms with Crippen LogP contribution in [0.5, 0.6) is 11.5 Å². The van der Waals surface area contributed by atoms with E-state index in [1.807, 2.05) is 12.1 Å². The molecule has 0 saturated carbocycles. The highest BCUT2D eigenvalue weighted by Gasteiger charge is 2.19. The molecule has 0 saturated heterocycles. The molecule has 0 spiro atoms. The average molecular weight is 390 g/mol. The van der Waals surface area contributed by atoms with Crippen molar-refractivity contribution < 1.29 is 32.3 Å². The monoisotopic (exact) mass is 390 g/mol. The van der Waals surface area contributed by atoms with Crippen molar-refractivity contribution in [3.05, 3.63) is 59.4 Å². The number of alkyl halides is 2. The molecule has 2 aromatic carbocycles. The van der Waals surface area contributed by atoms with E-state index < -0.39 is 18.4 Å². The van der Waals surface area contributed by atoms with Gasteiger partial charge in [0.1, 0.15) is 5.58 Å². The second-order valence-electron chi connectivity index (χ2n) is 5.70. The lowest BCUT2D eigenvalue weighted by atomic mass is 10.1. The van der Waals surface area contributed by atoms with Crippen molar-refractivity contribution in [1.29, 1.82) is 0 Å². The van der Waals surface area contributed by atoms with Crippen LogP contribution in [0.1, 0.15) is 26.5 Å². The van der Waals surface area contributed by atoms with Gasteiger partial charge in [-0.2, -0.15) is 8.78 Å². The number of carbonyl (C=O) groups is 2. The first-order valence-electron chi connectivity index (χ1n) is 8.12. The molecular weight excluding hydrogens is 374 g/mol. The number of para-hydroxylation sites is 1. The van der Waals surface area contributed by atoms with Crippen LogP contribution in [0.2, 0.25) is 0 Å². The molecule has 3 aromatic rings. The lowest BCUT2D eigenvalue weighted by molar-refractivity contribution is -0.0512. The molecule has 0 aliphatic heterocycles. The van der Waals surface area contributed by atoms with Crippen molar-refractivity contribution in [2.45, 2.75) is 13.5 Å². The largest absolute Gasteiger partial charge is 0.493 e. The summed E-state index contributed by atoms with van der Waals surface area (Å²) in [6.07, 6.45) is 0. The van der Waals surface area contributed by atoms with E-state index in [0.717, 1.165) is 11.5 Å². The van der Waals surface area contributed by atoms with E-state index in [-0.39, 0.29) is 22.8 Å². The van der Waals surface area contributed by atoms with Gasteiger partial charge < -0.3 is 13.9 Å². The third-order valence-electron chi connectivity index (χ3n) is 3.98. The lowest BCUT2D eigenvalue weighted by Crippen LogP contribution is -2.41. The number of carbonyl (C=O) groups excluding carboxylic acids is 2.